The maximum absolute atomic E-state index is 13.7. The van der Waals surface area contributed by atoms with Gasteiger partial charge in [0, 0.05) is 17.9 Å². The third-order valence-electron chi connectivity index (χ3n) is 4.82. The molecular weight excluding hydrogens is 311 g/mol. The third kappa shape index (κ3) is 2.37. The van der Waals surface area contributed by atoms with E-state index in [9.17, 15) is 19.1 Å². The molecule has 1 aromatic carbocycles. The lowest BCUT2D eigenvalue weighted by Crippen LogP contribution is -2.48. The largest absolute Gasteiger partial charge is 0.478 e. The van der Waals surface area contributed by atoms with Crippen molar-refractivity contribution in [1.82, 2.24) is 0 Å². The molecule has 3 rings (SSSR count). The molecule has 4 unspecified atom stereocenters. The first kappa shape index (κ1) is 15.3. The number of ether oxygens (including phenoxy) is 1. The number of carboxylic acid groups (broad SMARTS) is 1. The topological polar surface area (TPSA) is 63.6 Å². The number of esters is 1. The summed E-state index contributed by atoms with van der Waals surface area (Å²) in [7, 11) is 0. The summed E-state index contributed by atoms with van der Waals surface area (Å²) in [5.41, 5.74) is -1.50. The van der Waals surface area contributed by atoms with E-state index >= 15 is 0 Å². The Morgan fingerprint density at radius 3 is 2.64 bits per heavy atom. The number of carbonyl (C=O) groups excluding carboxylic acids is 1. The summed E-state index contributed by atoms with van der Waals surface area (Å²) in [4.78, 5) is 23.9. The lowest BCUT2D eigenvalue weighted by atomic mass is 9.84. The Hall–Kier alpha value is -1.62. The molecule has 0 heterocycles. The molecule has 2 aliphatic carbocycles. The van der Waals surface area contributed by atoms with Crippen LogP contribution in [0.5, 0.6) is 0 Å². The van der Waals surface area contributed by atoms with Gasteiger partial charge in [-0.05, 0) is 31.2 Å². The van der Waals surface area contributed by atoms with Gasteiger partial charge in [0.2, 0.25) is 5.60 Å². The number of aliphatic carboxylic acids is 1. The van der Waals surface area contributed by atoms with Crippen molar-refractivity contribution in [3.63, 3.8) is 0 Å². The first-order valence-electron chi connectivity index (χ1n) is 7.29. The number of hydrogen-bond donors (Lipinski definition) is 1. The Labute approximate surface area is 132 Å². The van der Waals surface area contributed by atoms with Gasteiger partial charge < -0.3 is 9.84 Å². The maximum Gasteiger partial charge on any atom is 0.348 e. The van der Waals surface area contributed by atoms with Crippen LogP contribution in [-0.2, 0) is 14.3 Å². The van der Waals surface area contributed by atoms with Gasteiger partial charge in [-0.15, -0.1) is 11.6 Å². The third-order valence-corrected chi connectivity index (χ3v) is 5.24. The van der Waals surface area contributed by atoms with Crippen LogP contribution in [0.1, 0.15) is 36.6 Å². The van der Waals surface area contributed by atoms with Gasteiger partial charge in [-0.25, -0.2) is 9.18 Å². The number of fused-ring (bicyclic) bond motifs is 2. The van der Waals surface area contributed by atoms with Crippen LogP contribution in [0.3, 0.4) is 0 Å². The summed E-state index contributed by atoms with van der Waals surface area (Å²) in [6, 6.07) is 5.64. The zero-order valence-electron chi connectivity index (χ0n) is 11.8. The van der Waals surface area contributed by atoms with Crippen LogP contribution in [0, 0.1) is 17.7 Å². The summed E-state index contributed by atoms with van der Waals surface area (Å²) in [6.45, 7) is 0. The SMILES string of the molecule is O=C(OC1(C(=O)O)CC2CCC1C2)C(Cl)c1ccccc1F. The molecular formula is C16H16ClFO4. The number of carboxylic acids is 1. The summed E-state index contributed by atoms with van der Waals surface area (Å²) in [5, 5.41) is 8.20. The smallest absolute Gasteiger partial charge is 0.348 e. The van der Waals surface area contributed by atoms with Gasteiger partial charge in [0.05, 0.1) is 0 Å². The molecule has 2 bridgehead atoms. The number of rotatable bonds is 4. The van der Waals surface area contributed by atoms with Crippen LogP contribution in [0.25, 0.3) is 0 Å². The van der Waals surface area contributed by atoms with Gasteiger partial charge in [-0.3, -0.25) is 4.79 Å². The van der Waals surface area contributed by atoms with E-state index in [1.54, 1.807) is 6.07 Å². The molecule has 22 heavy (non-hydrogen) atoms. The fourth-order valence-electron chi connectivity index (χ4n) is 3.75. The molecule has 0 aromatic heterocycles. The second-order valence-electron chi connectivity index (χ2n) is 6.08. The van der Waals surface area contributed by atoms with Crippen molar-refractivity contribution >= 4 is 23.5 Å². The Morgan fingerprint density at radius 2 is 2.09 bits per heavy atom. The normalized spacial score (nSPS) is 31.0. The van der Waals surface area contributed by atoms with E-state index in [1.807, 2.05) is 0 Å². The quantitative estimate of drug-likeness (QED) is 0.681. The predicted molar refractivity (Wildman–Crippen MR) is 76.9 cm³/mol. The van der Waals surface area contributed by atoms with Gasteiger partial charge in [-0.2, -0.15) is 0 Å². The molecule has 0 spiro atoms. The molecule has 4 nitrogen and oxygen atoms in total. The first-order valence-corrected chi connectivity index (χ1v) is 7.72. The van der Waals surface area contributed by atoms with Gasteiger partial charge in [-0.1, -0.05) is 18.2 Å². The number of halogens is 2. The van der Waals surface area contributed by atoms with Gasteiger partial charge >= 0.3 is 11.9 Å². The maximum atomic E-state index is 13.7. The highest BCUT2D eigenvalue weighted by Gasteiger charge is 2.59. The summed E-state index contributed by atoms with van der Waals surface area (Å²) in [5.74, 6) is -2.55. The second kappa shape index (κ2) is 5.54. The number of alkyl halides is 1. The molecule has 2 saturated carbocycles. The van der Waals surface area contributed by atoms with Crippen LogP contribution in [0.2, 0.25) is 0 Å². The Kier molecular flexibility index (Phi) is 3.85. The molecule has 0 saturated heterocycles. The van der Waals surface area contributed by atoms with Crippen molar-refractivity contribution in [2.45, 2.75) is 36.7 Å². The van der Waals surface area contributed by atoms with Gasteiger partial charge in [0.25, 0.3) is 0 Å². The van der Waals surface area contributed by atoms with Crippen LogP contribution < -0.4 is 0 Å². The van der Waals surface area contributed by atoms with Gasteiger partial charge in [0.15, 0.2) is 5.38 Å². The average Bonchev–Trinajstić information content (AvgIpc) is 3.08. The fourth-order valence-corrected chi connectivity index (χ4v) is 3.97. The van der Waals surface area contributed by atoms with Crippen LogP contribution in [0.15, 0.2) is 24.3 Å². The highest BCUT2D eigenvalue weighted by atomic mass is 35.5. The molecule has 0 amide bonds. The van der Waals surface area contributed by atoms with Crippen molar-refractivity contribution in [3.05, 3.63) is 35.6 Å². The highest BCUT2D eigenvalue weighted by Crippen LogP contribution is 2.53. The lowest BCUT2D eigenvalue weighted by molar-refractivity contribution is -0.185. The summed E-state index contributed by atoms with van der Waals surface area (Å²) in [6.07, 6.45) is 2.78. The molecule has 0 radical (unpaired) electrons. The van der Waals surface area contributed by atoms with Crippen LogP contribution in [0.4, 0.5) is 4.39 Å². The standard InChI is InChI=1S/C16H16ClFO4/c17-13(11-3-1-2-4-12(11)18)14(19)22-16(15(20)21)8-9-5-6-10(16)7-9/h1-4,9-10,13H,5-8H2,(H,20,21). The minimum Gasteiger partial charge on any atom is -0.478 e. The Balaban J connectivity index is 1.81. The van der Waals surface area contributed by atoms with E-state index in [1.165, 1.54) is 18.2 Å². The Morgan fingerprint density at radius 1 is 1.36 bits per heavy atom. The van der Waals surface area contributed by atoms with Crippen molar-refractivity contribution in [3.8, 4) is 0 Å². The van der Waals surface area contributed by atoms with Crippen molar-refractivity contribution in [2.75, 3.05) is 0 Å². The number of hydrogen-bond acceptors (Lipinski definition) is 3. The van der Waals surface area contributed by atoms with E-state index in [0.717, 1.165) is 19.3 Å². The minimum atomic E-state index is -1.50. The van der Waals surface area contributed by atoms with Gasteiger partial charge in [0.1, 0.15) is 5.82 Å². The van der Waals surface area contributed by atoms with E-state index in [0.29, 0.717) is 6.42 Å². The molecule has 2 aliphatic rings. The molecule has 1 aromatic rings. The number of carbonyl (C=O) groups is 2. The first-order chi connectivity index (χ1) is 10.4. The van der Waals surface area contributed by atoms with Crippen LogP contribution in [-0.4, -0.2) is 22.6 Å². The zero-order valence-corrected chi connectivity index (χ0v) is 12.6. The molecule has 6 heteroatoms. The lowest BCUT2D eigenvalue weighted by Gasteiger charge is -2.33. The summed E-state index contributed by atoms with van der Waals surface area (Å²) >= 11 is 6.00. The zero-order chi connectivity index (χ0) is 15.9. The van der Waals surface area contributed by atoms with E-state index in [2.05, 4.69) is 0 Å². The minimum absolute atomic E-state index is 0.00198. The van der Waals surface area contributed by atoms with E-state index in [-0.39, 0.29) is 17.4 Å². The van der Waals surface area contributed by atoms with Crippen molar-refractivity contribution in [1.29, 1.82) is 0 Å². The fraction of sp³-hybridized carbons (Fsp3) is 0.500. The van der Waals surface area contributed by atoms with Crippen molar-refractivity contribution < 1.29 is 23.8 Å². The molecule has 4 atom stereocenters. The Bertz CT molecular complexity index is 620. The molecule has 118 valence electrons. The van der Waals surface area contributed by atoms with E-state index in [4.69, 9.17) is 16.3 Å². The van der Waals surface area contributed by atoms with Crippen molar-refractivity contribution in [2.24, 2.45) is 11.8 Å². The molecule has 0 aliphatic heterocycles. The monoisotopic (exact) mass is 326 g/mol. The van der Waals surface area contributed by atoms with E-state index < -0.39 is 28.7 Å². The molecule has 2 fully saturated rings. The second-order valence-corrected chi connectivity index (χ2v) is 6.52. The predicted octanol–water partition coefficient (Wildman–Crippen LogP) is 3.29. The molecule has 1 N–H and O–H groups in total. The summed E-state index contributed by atoms with van der Waals surface area (Å²) < 4.78 is 19.0. The number of benzene rings is 1. The highest BCUT2D eigenvalue weighted by molar-refractivity contribution is 6.30. The average molecular weight is 327 g/mol. The van der Waals surface area contributed by atoms with Crippen LogP contribution >= 0.6 is 11.6 Å².